The van der Waals surface area contributed by atoms with Crippen LogP contribution < -0.4 is 5.32 Å². The topological polar surface area (TPSA) is 64.1 Å². The van der Waals surface area contributed by atoms with Crippen LogP contribution in [0.1, 0.15) is 24.2 Å². The third-order valence-corrected chi connectivity index (χ3v) is 4.34. The molecule has 4 rings (SSSR count). The Labute approximate surface area is 169 Å². The van der Waals surface area contributed by atoms with Gasteiger partial charge in [0.1, 0.15) is 5.69 Å². The highest BCUT2D eigenvalue weighted by Crippen LogP contribution is 2.29. The van der Waals surface area contributed by atoms with Crippen molar-refractivity contribution in [2.24, 2.45) is 0 Å². The van der Waals surface area contributed by atoms with Gasteiger partial charge in [0.05, 0.1) is 22.7 Å². The zero-order chi connectivity index (χ0) is 20.2. The number of para-hydroxylation sites is 2. The fourth-order valence-electron chi connectivity index (χ4n) is 2.99. The molecular weight excluding hydrogens is 362 g/mol. The molecule has 0 bridgehead atoms. The highest BCUT2D eigenvalue weighted by molar-refractivity contribution is 5.90. The van der Waals surface area contributed by atoms with Gasteiger partial charge in [-0.05, 0) is 50.2 Å². The van der Waals surface area contributed by atoms with Crippen molar-refractivity contribution in [1.29, 1.82) is 0 Å². The molecule has 0 aliphatic rings. The van der Waals surface area contributed by atoms with Crippen LogP contribution in [0.3, 0.4) is 0 Å². The number of nitrogens with one attached hydrogen (secondary N) is 1. The van der Waals surface area contributed by atoms with Crippen molar-refractivity contribution < 1.29 is 9.53 Å². The lowest BCUT2D eigenvalue weighted by Gasteiger charge is -2.13. The second-order valence-corrected chi connectivity index (χ2v) is 6.93. The van der Waals surface area contributed by atoms with Gasteiger partial charge in [-0.1, -0.05) is 42.5 Å². The molecule has 29 heavy (non-hydrogen) atoms. The van der Waals surface area contributed by atoms with Gasteiger partial charge in [-0.2, -0.15) is 0 Å². The van der Waals surface area contributed by atoms with Gasteiger partial charge in [0.25, 0.3) is 0 Å². The monoisotopic (exact) mass is 383 g/mol. The summed E-state index contributed by atoms with van der Waals surface area (Å²) >= 11 is 0. The minimum Gasteiger partial charge on any atom is -0.459 e. The SMILES string of the molecule is CC(C)OC(=O)c1ccc(Nc2nc3ccccc3nc2-c2ccccc2)cc1. The van der Waals surface area contributed by atoms with E-state index in [1.54, 1.807) is 12.1 Å². The molecule has 0 radical (unpaired) electrons. The number of esters is 1. The first kappa shape index (κ1) is 18.6. The molecule has 1 aromatic heterocycles. The summed E-state index contributed by atoms with van der Waals surface area (Å²) in [6, 6.07) is 24.9. The van der Waals surface area contributed by atoms with E-state index in [1.165, 1.54) is 0 Å². The van der Waals surface area contributed by atoms with Gasteiger partial charge < -0.3 is 10.1 Å². The van der Waals surface area contributed by atoms with Crippen molar-refractivity contribution in [1.82, 2.24) is 9.97 Å². The van der Waals surface area contributed by atoms with E-state index >= 15 is 0 Å². The fourth-order valence-corrected chi connectivity index (χ4v) is 2.99. The molecule has 144 valence electrons. The van der Waals surface area contributed by atoms with Crippen LogP contribution in [0.15, 0.2) is 78.9 Å². The summed E-state index contributed by atoms with van der Waals surface area (Å²) in [7, 11) is 0. The summed E-state index contributed by atoms with van der Waals surface area (Å²) < 4.78 is 5.24. The number of rotatable bonds is 5. The Morgan fingerprint density at radius 2 is 1.45 bits per heavy atom. The normalized spacial score (nSPS) is 10.9. The van der Waals surface area contributed by atoms with Crippen molar-refractivity contribution in [3.63, 3.8) is 0 Å². The Kier molecular flexibility index (Phi) is 5.20. The summed E-state index contributed by atoms with van der Waals surface area (Å²) in [5.74, 6) is 0.328. The zero-order valence-electron chi connectivity index (χ0n) is 16.3. The van der Waals surface area contributed by atoms with Crippen LogP contribution in [0.2, 0.25) is 0 Å². The lowest BCUT2D eigenvalue weighted by Crippen LogP contribution is -2.11. The number of ether oxygens (including phenoxy) is 1. The van der Waals surface area contributed by atoms with Crippen molar-refractivity contribution in [3.05, 3.63) is 84.4 Å². The van der Waals surface area contributed by atoms with Crippen LogP contribution in [0.25, 0.3) is 22.3 Å². The first-order valence-corrected chi connectivity index (χ1v) is 9.50. The van der Waals surface area contributed by atoms with Crippen molar-refractivity contribution in [2.75, 3.05) is 5.32 Å². The lowest BCUT2D eigenvalue weighted by molar-refractivity contribution is 0.0378. The van der Waals surface area contributed by atoms with Gasteiger partial charge in [0, 0.05) is 11.3 Å². The minimum absolute atomic E-state index is 0.151. The van der Waals surface area contributed by atoms with E-state index in [2.05, 4.69) is 5.32 Å². The standard InChI is InChI=1S/C24H21N3O2/c1-16(2)29-24(28)18-12-14-19(15-13-18)25-23-22(17-8-4-3-5-9-17)26-20-10-6-7-11-21(20)27-23/h3-16H,1-2H3,(H,25,27). The molecule has 1 N–H and O–H groups in total. The number of benzene rings is 3. The molecule has 0 saturated heterocycles. The molecular formula is C24H21N3O2. The Balaban J connectivity index is 1.69. The molecule has 0 unspecified atom stereocenters. The fraction of sp³-hybridized carbons (Fsp3) is 0.125. The summed E-state index contributed by atoms with van der Waals surface area (Å²) in [6.45, 7) is 3.66. The highest BCUT2D eigenvalue weighted by atomic mass is 16.5. The molecule has 0 aliphatic heterocycles. The van der Waals surface area contributed by atoms with Gasteiger partial charge >= 0.3 is 5.97 Å². The molecule has 0 atom stereocenters. The van der Waals surface area contributed by atoms with Gasteiger partial charge in [-0.15, -0.1) is 0 Å². The number of nitrogens with zero attached hydrogens (tertiary/aromatic N) is 2. The van der Waals surface area contributed by atoms with Crippen LogP contribution in [0, 0.1) is 0 Å². The third kappa shape index (κ3) is 4.24. The predicted molar refractivity (Wildman–Crippen MR) is 115 cm³/mol. The first-order chi connectivity index (χ1) is 14.1. The molecule has 0 spiro atoms. The van der Waals surface area contributed by atoms with Crippen molar-refractivity contribution in [3.8, 4) is 11.3 Å². The Morgan fingerprint density at radius 1 is 0.828 bits per heavy atom. The van der Waals surface area contributed by atoms with E-state index in [9.17, 15) is 4.79 Å². The summed E-state index contributed by atoms with van der Waals surface area (Å²) in [6.07, 6.45) is -0.151. The maximum absolute atomic E-state index is 12.0. The maximum atomic E-state index is 12.0. The molecule has 5 heteroatoms. The summed E-state index contributed by atoms with van der Waals surface area (Å²) in [5.41, 5.74) is 4.72. The zero-order valence-corrected chi connectivity index (χ0v) is 16.3. The van der Waals surface area contributed by atoms with E-state index in [1.807, 2.05) is 80.6 Å². The van der Waals surface area contributed by atoms with Gasteiger partial charge in [-0.25, -0.2) is 14.8 Å². The average molecular weight is 383 g/mol. The second-order valence-electron chi connectivity index (χ2n) is 6.93. The number of hydrogen-bond donors (Lipinski definition) is 1. The van der Waals surface area contributed by atoms with Crippen LogP contribution >= 0.6 is 0 Å². The van der Waals surface area contributed by atoms with Crippen LogP contribution in [0.5, 0.6) is 0 Å². The molecule has 0 aliphatic carbocycles. The molecule has 1 heterocycles. The number of carbonyl (C=O) groups is 1. The Bertz CT molecular complexity index is 1140. The second kappa shape index (κ2) is 8.10. The van der Waals surface area contributed by atoms with Crippen molar-refractivity contribution >= 4 is 28.5 Å². The van der Waals surface area contributed by atoms with Crippen LogP contribution in [-0.2, 0) is 4.74 Å². The molecule has 4 aromatic rings. The largest absolute Gasteiger partial charge is 0.459 e. The number of hydrogen-bond acceptors (Lipinski definition) is 5. The van der Waals surface area contributed by atoms with Gasteiger partial charge in [0.15, 0.2) is 5.82 Å². The molecule has 0 fully saturated rings. The molecule has 0 saturated carbocycles. The quantitative estimate of drug-likeness (QED) is 0.454. The highest BCUT2D eigenvalue weighted by Gasteiger charge is 2.13. The Morgan fingerprint density at radius 3 is 2.10 bits per heavy atom. The summed E-state index contributed by atoms with van der Waals surface area (Å²) in [4.78, 5) is 21.6. The predicted octanol–water partition coefficient (Wildman–Crippen LogP) is 5.61. The minimum atomic E-state index is -0.331. The maximum Gasteiger partial charge on any atom is 0.338 e. The van der Waals surface area contributed by atoms with E-state index in [0.717, 1.165) is 28.0 Å². The Hall–Kier alpha value is -3.73. The van der Waals surface area contributed by atoms with Crippen molar-refractivity contribution in [2.45, 2.75) is 20.0 Å². The number of fused-ring (bicyclic) bond motifs is 1. The van der Waals surface area contributed by atoms with Crippen LogP contribution in [0.4, 0.5) is 11.5 Å². The lowest BCUT2D eigenvalue weighted by atomic mass is 10.1. The molecule has 5 nitrogen and oxygen atoms in total. The van der Waals surface area contributed by atoms with E-state index in [4.69, 9.17) is 14.7 Å². The third-order valence-electron chi connectivity index (χ3n) is 4.34. The number of anilines is 2. The smallest absolute Gasteiger partial charge is 0.338 e. The summed E-state index contributed by atoms with van der Waals surface area (Å²) in [5, 5.41) is 3.34. The molecule has 0 amide bonds. The van der Waals surface area contributed by atoms with Crippen LogP contribution in [-0.4, -0.2) is 22.0 Å². The van der Waals surface area contributed by atoms with Gasteiger partial charge in [-0.3, -0.25) is 0 Å². The number of aromatic nitrogens is 2. The van der Waals surface area contributed by atoms with E-state index in [0.29, 0.717) is 11.4 Å². The first-order valence-electron chi connectivity index (χ1n) is 9.50. The average Bonchev–Trinajstić information content (AvgIpc) is 2.74. The van der Waals surface area contributed by atoms with E-state index < -0.39 is 0 Å². The number of carbonyl (C=O) groups excluding carboxylic acids is 1. The van der Waals surface area contributed by atoms with Gasteiger partial charge in [0.2, 0.25) is 0 Å². The van der Waals surface area contributed by atoms with E-state index in [-0.39, 0.29) is 12.1 Å². The molecule has 3 aromatic carbocycles.